The lowest BCUT2D eigenvalue weighted by Crippen LogP contribution is -2.33. The summed E-state index contributed by atoms with van der Waals surface area (Å²) in [7, 11) is 0. The van der Waals surface area contributed by atoms with Gasteiger partial charge >= 0.3 is 5.97 Å². The Labute approximate surface area is 94.1 Å². The molecule has 92 valence electrons. The number of esters is 1. The van der Waals surface area contributed by atoms with E-state index in [9.17, 15) is 20.0 Å². The Hall–Kier alpha value is -1.43. The van der Waals surface area contributed by atoms with Crippen LogP contribution in [0.1, 0.15) is 33.6 Å². The number of carbonyl (C=O) groups is 1. The molecule has 1 atom stereocenters. The lowest BCUT2D eigenvalue weighted by atomic mass is 9.89. The van der Waals surface area contributed by atoms with Gasteiger partial charge in [0.25, 0.3) is 0 Å². The van der Waals surface area contributed by atoms with E-state index in [1.807, 2.05) is 0 Å². The molecular weight excluding hydrogens is 214 g/mol. The van der Waals surface area contributed by atoms with Crippen molar-refractivity contribution >= 4 is 5.97 Å². The molecule has 0 saturated heterocycles. The molecule has 16 heavy (non-hydrogen) atoms. The van der Waals surface area contributed by atoms with Crippen LogP contribution in [-0.2, 0) is 9.53 Å². The van der Waals surface area contributed by atoms with Crippen LogP contribution in [0.4, 0.5) is 0 Å². The van der Waals surface area contributed by atoms with Crippen LogP contribution < -0.4 is 0 Å². The number of rotatable bonds is 6. The highest BCUT2D eigenvalue weighted by Gasteiger charge is 2.32. The van der Waals surface area contributed by atoms with Crippen LogP contribution in [0.2, 0.25) is 0 Å². The summed E-state index contributed by atoms with van der Waals surface area (Å²) in [6, 6.07) is 0. The van der Waals surface area contributed by atoms with Crippen LogP contribution >= 0.6 is 0 Å². The fourth-order valence-electron chi connectivity index (χ4n) is 1.27. The average Bonchev–Trinajstić information content (AvgIpc) is 2.16. The average molecular weight is 231 g/mol. The van der Waals surface area contributed by atoms with E-state index in [4.69, 9.17) is 4.74 Å². The second-order valence-corrected chi connectivity index (χ2v) is 3.46. The van der Waals surface area contributed by atoms with Gasteiger partial charge in [0.1, 0.15) is 5.60 Å². The zero-order chi connectivity index (χ0) is 12.8. The molecule has 0 bridgehead atoms. The van der Waals surface area contributed by atoms with Crippen molar-refractivity contribution < 1.29 is 19.6 Å². The molecular formula is C10H17NO5. The quantitative estimate of drug-likeness (QED) is 0.422. The minimum atomic E-state index is -1.50. The Bertz CT molecular complexity index is 300. The molecule has 0 aliphatic carbocycles. The van der Waals surface area contributed by atoms with Crippen LogP contribution in [0.25, 0.3) is 0 Å². The van der Waals surface area contributed by atoms with Gasteiger partial charge < -0.3 is 9.84 Å². The summed E-state index contributed by atoms with van der Waals surface area (Å²) in [6.45, 7) is 4.95. The largest absolute Gasteiger partial charge is 0.466 e. The summed E-state index contributed by atoms with van der Waals surface area (Å²) in [5.74, 6) is -0.567. The summed E-state index contributed by atoms with van der Waals surface area (Å²) in [5.41, 5.74) is -1.35. The number of hydrogen-bond donors (Lipinski definition) is 1. The van der Waals surface area contributed by atoms with Crippen molar-refractivity contribution in [3.63, 3.8) is 0 Å². The van der Waals surface area contributed by atoms with Crippen LogP contribution in [0.5, 0.6) is 0 Å². The highest BCUT2D eigenvalue weighted by molar-refractivity contribution is 5.71. The highest BCUT2D eigenvalue weighted by Crippen LogP contribution is 2.25. The lowest BCUT2D eigenvalue weighted by molar-refractivity contribution is -0.404. The van der Waals surface area contributed by atoms with Gasteiger partial charge in [-0.15, -0.1) is 0 Å². The van der Waals surface area contributed by atoms with E-state index in [1.165, 1.54) is 6.92 Å². The first-order valence-electron chi connectivity index (χ1n) is 5.06. The molecule has 0 rings (SSSR count). The molecule has 0 aromatic rings. The Kier molecular flexibility index (Phi) is 5.66. The van der Waals surface area contributed by atoms with Crippen LogP contribution in [0.3, 0.4) is 0 Å². The van der Waals surface area contributed by atoms with E-state index < -0.39 is 16.5 Å². The van der Waals surface area contributed by atoms with Crippen LogP contribution in [0, 0.1) is 10.1 Å². The molecule has 0 aliphatic heterocycles. The highest BCUT2D eigenvalue weighted by atomic mass is 16.6. The Balaban J connectivity index is 4.77. The van der Waals surface area contributed by atoms with Crippen molar-refractivity contribution in [2.45, 2.75) is 39.2 Å². The third kappa shape index (κ3) is 4.39. The first-order valence-corrected chi connectivity index (χ1v) is 5.06. The maximum atomic E-state index is 11.2. The van der Waals surface area contributed by atoms with E-state index in [2.05, 4.69) is 0 Å². The van der Waals surface area contributed by atoms with Gasteiger partial charge in [0.2, 0.25) is 6.20 Å². The summed E-state index contributed by atoms with van der Waals surface area (Å²) < 4.78 is 4.70. The number of hydrogen-bond acceptors (Lipinski definition) is 5. The predicted octanol–water partition coefficient (Wildman–Crippen LogP) is 1.26. The van der Waals surface area contributed by atoms with Gasteiger partial charge in [0.15, 0.2) is 0 Å². The lowest BCUT2D eigenvalue weighted by Gasteiger charge is -2.25. The summed E-state index contributed by atoms with van der Waals surface area (Å²) in [6.07, 6.45) is 0.651. The normalized spacial score (nSPS) is 15.4. The van der Waals surface area contributed by atoms with Gasteiger partial charge in [-0.3, -0.25) is 14.9 Å². The number of carbonyl (C=O) groups excluding carboxylic acids is 1. The maximum absolute atomic E-state index is 11.2. The van der Waals surface area contributed by atoms with Gasteiger partial charge in [0.05, 0.1) is 18.0 Å². The van der Waals surface area contributed by atoms with Crippen molar-refractivity contribution in [1.82, 2.24) is 0 Å². The Morgan fingerprint density at radius 1 is 1.56 bits per heavy atom. The third-order valence-corrected chi connectivity index (χ3v) is 2.36. The smallest absolute Gasteiger partial charge is 0.309 e. The molecule has 6 heteroatoms. The molecule has 1 N–H and O–H groups in total. The first kappa shape index (κ1) is 14.6. The fraction of sp³-hybridized carbons (Fsp3) is 0.700. The molecule has 0 spiro atoms. The molecule has 0 fully saturated rings. The van der Waals surface area contributed by atoms with Gasteiger partial charge in [-0.25, -0.2) is 0 Å². The maximum Gasteiger partial charge on any atom is 0.309 e. The van der Waals surface area contributed by atoms with E-state index >= 15 is 0 Å². The minimum Gasteiger partial charge on any atom is -0.466 e. The molecule has 0 aliphatic rings. The van der Waals surface area contributed by atoms with Crippen LogP contribution in [-0.4, -0.2) is 28.2 Å². The molecule has 1 unspecified atom stereocenters. The Morgan fingerprint density at radius 2 is 2.12 bits per heavy atom. The SMILES string of the molecule is CCOC(=O)CC(O)(CC)/C(C)=C/[N+](=O)[O-]. The van der Waals surface area contributed by atoms with E-state index in [-0.39, 0.29) is 25.0 Å². The number of aliphatic hydroxyl groups is 1. The fourth-order valence-corrected chi connectivity index (χ4v) is 1.27. The van der Waals surface area contributed by atoms with Gasteiger partial charge in [-0.1, -0.05) is 6.92 Å². The van der Waals surface area contributed by atoms with Crippen molar-refractivity contribution in [1.29, 1.82) is 0 Å². The first-order chi connectivity index (χ1) is 7.35. The molecule has 0 aromatic carbocycles. The van der Waals surface area contributed by atoms with Crippen molar-refractivity contribution in [3.05, 3.63) is 21.9 Å². The monoisotopic (exact) mass is 231 g/mol. The third-order valence-electron chi connectivity index (χ3n) is 2.36. The van der Waals surface area contributed by atoms with Gasteiger partial charge in [-0.2, -0.15) is 0 Å². The number of nitro groups is 1. The zero-order valence-corrected chi connectivity index (χ0v) is 9.73. The van der Waals surface area contributed by atoms with Crippen molar-refractivity contribution in [2.75, 3.05) is 6.61 Å². The summed E-state index contributed by atoms with van der Waals surface area (Å²) in [5, 5.41) is 20.3. The second-order valence-electron chi connectivity index (χ2n) is 3.46. The predicted molar refractivity (Wildman–Crippen MR) is 57.2 cm³/mol. The van der Waals surface area contributed by atoms with Crippen LogP contribution in [0.15, 0.2) is 11.8 Å². The van der Waals surface area contributed by atoms with Crippen molar-refractivity contribution in [3.8, 4) is 0 Å². The number of ether oxygens (including phenoxy) is 1. The van der Waals surface area contributed by atoms with E-state index in [0.717, 1.165) is 0 Å². The van der Waals surface area contributed by atoms with Crippen molar-refractivity contribution in [2.24, 2.45) is 0 Å². The zero-order valence-electron chi connectivity index (χ0n) is 9.73. The minimum absolute atomic E-state index is 0.146. The topological polar surface area (TPSA) is 89.7 Å². The Morgan fingerprint density at radius 3 is 2.50 bits per heavy atom. The molecule has 0 aromatic heterocycles. The number of nitrogens with zero attached hydrogens (tertiary/aromatic N) is 1. The van der Waals surface area contributed by atoms with E-state index in [1.54, 1.807) is 13.8 Å². The summed E-state index contributed by atoms with van der Waals surface area (Å²) in [4.78, 5) is 20.9. The molecule has 0 saturated carbocycles. The second kappa shape index (κ2) is 6.22. The molecule has 0 heterocycles. The van der Waals surface area contributed by atoms with E-state index in [0.29, 0.717) is 6.20 Å². The molecule has 6 nitrogen and oxygen atoms in total. The van der Waals surface area contributed by atoms with Gasteiger partial charge in [-0.05, 0) is 20.3 Å². The summed E-state index contributed by atoms with van der Waals surface area (Å²) >= 11 is 0. The molecule has 0 amide bonds. The standard InChI is InChI=1S/C10H17NO5/c1-4-10(13,6-9(12)16-5-2)8(3)7-11(14)15/h7,13H,4-6H2,1-3H3/b8-7+. The van der Waals surface area contributed by atoms with Gasteiger partial charge in [0, 0.05) is 5.57 Å². The molecule has 0 radical (unpaired) electrons.